The molecule has 0 bridgehead atoms. The molecule has 220 valence electrons. The Kier molecular flexibility index (Phi) is 9.25. The number of aryl methyl sites for hydroxylation is 3. The van der Waals surface area contributed by atoms with Crippen LogP contribution in [0.4, 0.5) is 0 Å². The third-order valence-electron chi connectivity index (χ3n) is 9.40. The van der Waals surface area contributed by atoms with E-state index in [0.717, 1.165) is 31.4 Å². The lowest BCUT2D eigenvalue weighted by atomic mass is 9.78. The minimum absolute atomic E-state index is 0.265. The number of allylic oxidation sites excluding steroid dienone is 4. The third kappa shape index (κ3) is 6.07. The molecule has 0 saturated carbocycles. The fourth-order valence-corrected chi connectivity index (χ4v) is 7.19. The van der Waals surface area contributed by atoms with Gasteiger partial charge in [0.1, 0.15) is 0 Å². The molecule has 0 amide bonds. The van der Waals surface area contributed by atoms with Gasteiger partial charge in [0.2, 0.25) is 5.69 Å². The summed E-state index contributed by atoms with van der Waals surface area (Å²) in [5.41, 5.74) is 14.6. The molecule has 5 rings (SSSR count). The summed E-state index contributed by atoms with van der Waals surface area (Å²) >= 11 is 0. The van der Waals surface area contributed by atoms with Crippen molar-refractivity contribution in [2.75, 3.05) is 0 Å². The van der Waals surface area contributed by atoms with Crippen molar-refractivity contribution in [1.82, 2.24) is 0 Å². The number of fused-ring (bicyclic) bond motifs is 3. The van der Waals surface area contributed by atoms with Crippen molar-refractivity contribution in [3.05, 3.63) is 138 Å². The van der Waals surface area contributed by atoms with Gasteiger partial charge in [-0.15, -0.1) is 0 Å². The quantitative estimate of drug-likeness (QED) is 0.133. The second-order valence-electron chi connectivity index (χ2n) is 12.6. The third-order valence-corrected chi connectivity index (χ3v) is 9.40. The Morgan fingerprint density at radius 1 is 0.930 bits per heavy atom. The monoisotopic (exact) mass is 568 g/mol. The van der Waals surface area contributed by atoms with Crippen LogP contribution in [0.5, 0.6) is 0 Å². The minimum atomic E-state index is 0.265. The average Bonchev–Trinajstić information content (AvgIpc) is 3.00. The molecular weight excluding hydrogens is 520 g/mol. The summed E-state index contributed by atoms with van der Waals surface area (Å²) in [5, 5.41) is 0. The van der Waals surface area contributed by atoms with E-state index in [0.29, 0.717) is 11.8 Å². The van der Waals surface area contributed by atoms with Gasteiger partial charge in [-0.2, -0.15) is 9.13 Å². The second kappa shape index (κ2) is 13.1. The van der Waals surface area contributed by atoms with Gasteiger partial charge in [0, 0.05) is 36.6 Å². The molecule has 2 heteroatoms. The van der Waals surface area contributed by atoms with Gasteiger partial charge >= 0.3 is 0 Å². The number of hydrogen-bond donors (Lipinski definition) is 0. The van der Waals surface area contributed by atoms with E-state index in [1.54, 1.807) is 0 Å². The molecule has 0 fully saturated rings. The zero-order chi connectivity index (χ0) is 30.7. The number of pyridine rings is 2. The Labute approximate surface area is 259 Å². The van der Waals surface area contributed by atoms with Crippen molar-refractivity contribution in [2.45, 2.75) is 85.1 Å². The Bertz CT molecular complexity index is 1670. The zero-order valence-electron chi connectivity index (χ0n) is 27.0. The summed E-state index contributed by atoms with van der Waals surface area (Å²) in [6.45, 7) is 22.3. The van der Waals surface area contributed by atoms with Crippen LogP contribution in [-0.2, 0) is 0 Å². The maximum atomic E-state index is 4.76. The van der Waals surface area contributed by atoms with E-state index in [1.165, 1.54) is 55.9 Å². The first kappa shape index (κ1) is 30.4. The van der Waals surface area contributed by atoms with Crippen LogP contribution >= 0.6 is 0 Å². The molecule has 0 aliphatic carbocycles. The molecule has 1 aliphatic rings. The van der Waals surface area contributed by atoms with Crippen LogP contribution in [0, 0.1) is 20.8 Å². The highest BCUT2D eigenvalue weighted by Crippen LogP contribution is 2.43. The highest BCUT2D eigenvalue weighted by Gasteiger charge is 2.41. The maximum Gasteiger partial charge on any atom is 0.213 e. The van der Waals surface area contributed by atoms with Gasteiger partial charge in [0.25, 0.3) is 0 Å². The smallest absolute Gasteiger partial charge is 0.194 e. The molecule has 0 spiro atoms. The van der Waals surface area contributed by atoms with Gasteiger partial charge in [-0.3, -0.25) is 0 Å². The van der Waals surface area contributed by atoms with E-state index in [4.69, 9.17) is 6.58 Å². The van der Waals surface area contributed by atoms with E-state index in [-0.39, 0.29) is 6.04 Å². The van der Waals surface area contributed by atoms with E-state index in [1.807, 2.05) is 6.08 Å². The number of benzene rings is 2. The summed E-state index contributed by atoms with van der Waals surface area (Å²) in [7, 11) is 0. The van der Waals surface area contributed by atoms with Crippen molar-refractivity contribution in [3.63, 3.8) is 0 Å². The van der Waals surface area contributed by atoms with Crippen LogP contribution in [0.1, 0.15) is 92.3 Å². The molecule has 2 unspecified atom stereocenters. The summed E-state index contributed by atoms with van der Waals surface area (Å²) in [6, 6.07) is 24.9. The summed E-state index contributed by atoms with van der Waals surface area (Å²) in [4.78, 5) is 0. The zero-order valence-corrected chi connectivity index (χ0v) is 27.0. The highest BCUT2D eigenvalue weighted by molar-refractivity contribution is 5.73. The topological polar surface area (TPSA) is 7.76 Å². The lowest BCUT2D eigenvalue weighted by Crippen LogP contribution is -2.49. The number of nitrogens with zero attached hydrogens (tertiary/aromatic N) is 2. The Hall–Kier alpha value is -4.04. The average molecular weight is 569 g/mol. The van der Waals surface area contributed by atoms with Crippen LogP contribution in [0.25, 0.3) is 28.1 Å². The summed E-state index contributed by atoms with van der Waals surface area (Å²) in [6.07, 6.45) is 12.9. The molecule has 2 aromatic carbocycles. The van der Waals surface area contributed by atoms with Crippen LogP contribution in [0.2, 0.25) is 0 Å². The number of hydrogen-bond acceptors (Lipinski definition) is 0. The number of rotatable bonds is 10. The summed E-state index contributed by atoms with van der Waals surface area (Å²) in [5.74, 6) is 0.801. The molecule has 0 N–H and O–H groups in total. The van der Waals surface area contributed by atoms with Gasteiger partial charge in [-0.25, -0.2) is 0 Å². The van der Waals surface area contributed by atoms with Gasteiger partial charge in [0.05, 0.1) is 12.0 Å². The van der Waals surface area contributed by atoms with Gasteiger partial charge in [-0.05, 0) is 85.6 Å². The van der Waals surface area contributed by atoms with Gasteiger partial charge in [0.15, 0.2) is 29.8 Å². The Morgan fingerprint density at radius 2 is 1.65 bits per heavy atom. The van der Waals surface area contributed by atoms with Crippen molar-refractivity contribution in [3.8, 4) is 22.4 Å². The molecule has 2 atom stereocenters. The normalized spacial score (nSPS) is 16.1. The summed E-state index contributed by atoms with van der Waals surface area (Å²) < 4.78 is 4.88. The van der Waals surface area contributed by atoms with E-state index in [9.17, 15) is 0 Å². The van der Waals surface area contributed by atoms with Crippen molar-refractivity contribution in [1.29, 1.82) is 0 Å². The Balaban J connectivity index is 1.59. The molecule has 0 saturated heterocycles. The van der Waals surface area contributed by atoms with Gasteiger partial charge < -0.3 is 0 Å². The minimum Gasteiger partial charge on any atom is -0.194 e. The molecule has 43 heavy (non-hydrogen) atoms. The van der Waals surface area contributed by atoms with Crippen LogP contribution in [0.15, 0.2) is 110 Å². The molecular formula is C41H48N2+2. The fourth-order valence-electron chi connectivity index (χ4n) is 7.19. The standard InChI is InChI=1S/C41H48N2/c1-9-16-33(10-2)22-23-36-34-19-11-12-20-35(34)39-21-13-14-24-42(39)40(36)26-32(8)43-27-38(37(28(3)4)25-31(43)7)41-29(5)17-15-18-30(41)6/h9,11-21,24-25,27-28,36,40H,1,8,10,22-23,26H2,2-7H3/q+2/b33-16+. The van der Waals surface area contributed by atoms with Crippen LogP contribution < -0.4 is 9.13 Å². The SMILES string of the molecule is C=C/C=C(\CC)CCC1c2ccccc2-c2cccc[n+]2C1CC(=C)[n+]1cc(-c2c(C)cccc2C)c(C(C)C)cc1C. The molecule has 4 aromatic rings. The van der Waals surface area contributed by atoms with Crippen molar-refractivity contribution < 1.29 is 9.13 Å². The molecule has 3 heterocycles. The predicted molar refractivity (Wildman–Crippen MR) is 182 cm³/mol. The second-order valence-corrected chi connectivity index (χ2v) is 12.6. The first-order chi connectivity index (χ1) is 20.7. The van der Waals surface area contributed by atoms with Crippen LogP contribution in [-0.4, -0.2) is 0 Å². The Morgan fingerprint density at radius 3 is 2.35 bits per heavy atom. The lowest BCUT2D eigenvalue weighted by molar-refractivity contribution is -0.720. The highest BCUT2D eigenvalue weighted by atomic mass is 15.0. The molecule has 2 aromatic heterocycles. The van der Waals surface area contributed by atoms with Crippen LogP contribution in [0.3, 0.4) is 0 Å². The fraction of sp³-hybridized carbons (Fsp3) is 0.317. The van der Waals surface area contributed by atoms with Crippen molar-refractivity contribution >= 4 is 5.70 Å². The van der Waals surface area contributed by atoms with E-state index in [2.05, 4.69) is 142 Å². The van der Waals surface area contributed by atoms with Gasteiger partial charge in [-0.1, -0.05) is 81.5 Å². The predicted octanol–water partition coefficient (Wildman–Crippen LogP) is 10.1. The molecule has 0 radical (unpaired) electrons. The number of aromatic nitrogens is 2. The first-order valence-electron chi connectivity index (χ1n) is 16.0. The lowest BCUT2D eigenvalue weighted by Gasteiger charge is -2.30. The largest absolute Gasteiger partial charge is 0.213 e. The molecule has 2 nitrogen and oxygen atoms in total. The maximum absolute atomic E-state index is 4.76. The first-order valence-corrected chi connectivity index (χ1v) is 16.0. The van der Waals surface area contributed by atoms with E-state index < -0.39 is 0 Å². The van der Waals surface area contributed by atoms with E-state index >= 15 is 0 Å². The molecule has 1 aliphatic heterocycles. The van der Waals surface area contributed by atoms with Crippen molar-refractivity contribution in [2.24, 2.45) is 0 Å².